The second-order valence-electron chi connectivity index (χ2n) is 7.66. The number of benzene rings is 1. The maximum atomic E-state index is 9.81. The van der Waals surface area contributed by atoms with Gasteiger partial charge in [-0.05, 0) is 50.4 Å². The van der Waals surface area contributed by atoms with Crippen molar-refractivity contribution >= 4 is 0 Å². The Bertz CT molecular complexity index is 481. The molecule has 1 N–H and O–H groups in total. The summed E-state index contributed by atoms with van der Waals surface area (Å²) >= 11 is 0. The fourth-order valence-corrected chi connectivity index (χ4v) is 4.18. The third-order valence-corrected chi connectivity index (χ3v) is 5.75. The molecule has 2 aliphatic heterocycles. The molecule has 134 valence electrons. The molecule has 4 nitrogen and oxygen atoms in total. The molecule has 0 aromatic heterocycles. The van der Waals surface area contributed by atoms with Crippen molar-refractivity contribution in [3.05, 3.63) is 35.9 Å². The molecule has 3 rings (SSSR count). The first-order valence-electron chi connectivity index (χ1n) is 9.52. The standard InChI is InChI=1S/C20H33N3O/c1-21-9-5-10-22(13-12-21)14-19-15-23(16-20(19)17-24)11-8-18-6-3-2-4-7-18/h2-4,6-7,19-20,24H,5,8-17H2,1H3/t19-,20-/m1/s1. The van der Waals surface area contributed by atoms with Gasteiger partial charge in [0.25, 0.3) is 0 Å². The topological polar surface area (TPSA) is 30.0 Å². The van der Waals surface area contributed by atoms with E-state index in [1.165, 1.54) is 38.2 Å². The van der Waals surface area contributed by atoms with Gasteiger partial charge in [0.2, 0.25) is 0 Å². The van der Waals surface area contributed by atoms with E-state index in [1.807, 2.05) is 0 Å². The summed E-state index contributed by atoms with van der Waals surface area (Å²) < 4.78 is 0. The van der Waals surface area contributed by atoms with Crippen LogP contribution in [0.5, 0.6) is 0 Å². The predicted molar refractivity (Wildman–Crippen MR) is 99.2 cm³/mol. The van der Waals surface area contributed by atoms with Crippen molar-refractivity contribution < 1.29 is 5.11 Å². The SMILES string of the molecule is CN1CCCN(C[C@@H]2CN(CCc3ccccc3)C[C@@H]2CO)CC1. The minimum absolute atomic E-state index is 0.334. The summed E-state index contributed by atoms with van der Waals surface area (Å²) in [5.41, 5.74) is 1.41. The normalized spacial score (nSPS) is 27.4. The van der Waals surface area contributed by atoms with Crippen LogP contribution >= 0.6 is 0 Å². The molecule has 0 spiro atoms. The first kappa shape index (κ1) is 17.9. The molecule has 2 atom stereocenters. The van der Waals surface area contributed by atoms with Crippen molar-refractivity contribution in [3.63, 3.8) is 0 Å². The fourth-order valence-electron chi connectivity index (χ4n) is 4.18. The average molecular weight is 332 g/mol. The minimum Gasteiger partial charge on any atom is -0.396 e. The lowest BCUT2D eigenvalue weighted by Gasteiger charge is -2.26. The minimum atomic E-state index is 0.334. The van der Waals surface area contributed by atoms with Crippen molar-refractivity contribution in [2.75, 3.05) is 66.0 Å². The highest BCUT2D eigenvalue weighted by atomic mass is 16.3. The molecule has 24 heavy (non-hydrogen) atoms. The molecule has 1 aromatic carbocycles. The zero-order valence-corrected chi connectivity index (χ0v) is 15.1. The molecule has 2 aliphatic rings. The van der Waals surface area contributed by atoms with Gasteiger partial charge in [0, 0.05) is 45.9 Å². The molecule has 0 bridgehead atoms. The van der Waals surface area contributed by atoms with E-state index in [-0.39, 0.29) is 0 Å². The number of nitrogens with zero attached hydrogens (tertiary/aromatic N) is 3. The lowest BCUT2D eigenvalue weighted by molar-refractivity contribution is 0.165. The Hall–Kier alpha value is -0.940. The third kappa shape index (κ3) is 5.03. The molecular formula is C20H33N3O. The summed E-state index contributed by atoms with van der Waals surface area (Å²) in [5, 5.41) is 9.81. The van der Waals surface area contributed by atoms with E-state index < -0.39 is 0 Å². The largest absolute Gasteiger partial charge is 0.396 e. The number of likely N-dealkylation sites (tertiary alicyclic amines) is 1. The summed E-state index contributed by atoms with van der Waals surface area (Å²) in [5.74, 6) is 1.07. The lowest BCUT2D eigenvalue weighted by atomic mass is 9.96. The van der Waals surface area contributed by atoms with E-state index in [1.54, 1.807) is 0 Å². The van der Waals surface area contributed by atoms with Crippen molar-refractivity contribution in [1.29, 1.82) is 0 Å². The van der Waals surface area contributed by atoms with Crippen LogP contribution in [0.2, 0.25) is 0 Å². The molecule has 0 amide bonds. The molecular weight excluding hydrogens is 298 g/mol. The van der Waals surface area contributed by atoms with E-state index in [0.29, 0.717) is 18.4 Å². The van der Waals surface area contributed by atoms with Crippen LogP contribution in [0.1, 0.15) is 12.0 Å². The lowest BCUT2D eigenvalue weighted by Crippen LogP contribution is -2.36. The van der Waals surface area contributed by atoms with Crippen molar-refractivity contribution in [2.24, 2.45) is 11.8 Å². The molecule has 2 fully saturated rings. The van der Waals surface area contributed by atoms with Crippen molar-refractivity contribution in [3.8, 4) is 0 Å². The van der Waals surface area contributed by atoms with Crippen LogP contribution in [0.4, 0.5) is 0 Å². The monoisotopic (exact) mass is 331 g/mol. The Balaban J connectivity index is 1.48. The second-order valence-corrected chi connectivity index (χ2v) is 7.66. The first-order valence-corrected chi connectivity index (χ1v) is 9.52. The maximum Gasteiger partial charge on any atom is 0.0475 e. The number of aliphatic hydroxyl groups is 1. The summed E-state index contributed by atoms with van der Waals surface area (Å²) in [7, 11) is 2.22. The van der Waals surface area contributed by atoms with E-state index >= 15 is 0 Å². The van der Waals surface area contributed by atoms with Gasteiger partial charge in [0.15, 0.2) is 0 Å². The van der Waals surface area contributed by atoms with E-state index in [0.717, 1.165) is 32.6 Å². The number of hydrogen-bond acceptors (Lipinski definition) is 4. The van der Waals surface area contributed by atoms with Crippen LogP contribution in [-0.2, 0) is 6.42 Å². The second kappa shape index (κ2) is 8.95. The Labute approximate surface area is 147 Å². The Morgan fingerprint density at radius 1 is 0.958 bits per heavy atom. The summed E-state index contributed by atoms with van der Waals surface area (Å²) in [6.07, 6.45) is 2.38. The van der Waals surface area contributed by atoms with E-state index in [9.17, 15) is 5.11 Å². The summed E-state index contributed by atoms with van der Waals surface area (Å²) in [4.78, 5) is 7.62. The Morgan fingerprint density at radius 3 is 2.54 bits per heavy atom. The summed E-state index contributed by atoms with van der Waals surface area (Å²) in [6.45, 7) is 9.58. The van der Waals surface area contributed by atoms with E-state index in [4.69, 9.17) is 0 Å². The van der Waals surface area contributed by atoms with Crippen LogP contribution in [0.25, 0.3) is 0 Å². The zero-order chi connectivity index (χ0) is 16.8. The van der Waals surface area contributed by atoms with Gasteiger partial charge in [-0.3, -0.25) is 0 Å². The molecule has 0 aliphatic carbocycles. The molecule has 2 saturated heterocycles. The van der Waals surface area contributed by atoms with Gasteiger partial charge < -0.3 is 19.8 Å². The quantitative estimate of drug-likeness (QED) is 0.854. The number of likely N-dealkylation sites (N-methyl/N-ethyl adjacent to an activating group) is 1. The Kier molecular flexibility index (Phi) is 6.67. The van der Waals surface area contributed by atoms with Crippen molar-refractivity contribution in [1.82, 2.24) is 14.7 Å². The van der Waals surface area contributed by atoms with Crippen LogP contribution in [0, 0.1) is 11.8 Å². The molecule has 4 heteroatoms. The van der Waals surface area contributed by atoms with Crippen LogP contribution in [0.3, 0.4) is 0 Å². The van der Waals surface area contributed by atoms with Crippen LogP contribution in [-0.4, -0.2) is 85.8 Å². The Morgan fingerprint density at radius 2 is 1.75 bits per heavy atom. The number of hydrogen-bond donors (Lipinski definition) is 1. The van der Waals surface area contributed by atoms with Gasteiger partial charge >= 0.3 is 0 Å². The van der Waals surface area contributed by atoms with Crippen LogP contribution < -0.4 is 0 Å². The molecule has 0 radical (unpaired) electrons. The smallest absolute Gasteiger partial charge is 0.0475 e. The average Bonchev–Trinajstić information content (AvgIpc) is 2.88. The highest BCUT2D eigenvalue weighted by Crippen LogP contribution is 2.24. The molecule has 1 aromatic rings. The van der Waals surface area contributed by atoms with E-state index in [2.05, 4.69) is 52.1 Å². The van der Waals surface area contributed by atoms with Gasteiger partial charge in [-0.1, -0.05) is 30.3 Å². The van der Waals surface area contributed by atoms with Gasteiger partial charge in [-0.25, -0.2) is 0 Å². The number of rotatable bonds is 6. The third-order valence-electron chi connectivity index (χ3n) is 5.75. The fraction of sp³-hybridized carbons (Fsp3) is 0.700. The van der Waals surface area contributed by atoms with Crippen LogP contribution in [0.15, 0.2) is 30.3 Å². The van der Waals surface area contributed by atoms with Gasteiger partial charge in [-0.15, -0.1) is 0 Å². The highest BCUT2D eigenvalue weighted by molar-refractivity contribution is 5.15. The first-order chi connectivity index (χ1) is 11.7. The molecule has 2 heterocycles. The van der Waals surface area contributed by atoms with Crippen molar-refractivity contribution in [2.45, 2.75) is 12.8 Å². The highest BCUT2D eigenvalue weighted by Gasteiger charge is 2.33. The molecule has 0 unspecified atom stereocenters. The zero-order valence-electron chi connectivity index (χ0n) is 15.1. The molecule has 0 saturated carbocycles. The number of aliphatic hydroxyl groups excluding tert-OH is 1. The van der Waals surface area contributed by atoms with Gasteiger partial charge in [0.05, 0.1) is 0 Å². The maximum absolute atomic E-state index is 9.81. The summed E-state index contributed by atoms with van der Waals surface area (Å²) in [6, 6.07) is 10.7. The van der Waals surface area contributed by atoms with Gasteiger partial charge in [-0.2, -0.15) is 0 Å². The predicted octanol–water partition coefficient (Wildman–Crippen LogP) is 1.41. The van der Waals surface area contributed by atoms with Gasteiger partial charge in [0.1, 0.15) is 0 Å².